The summed E-state index contributed by atoms with van der Waals surface area (Å²) >= 11 is 0. The van der Waals surface area contributed by atoms with Crippen LogP contribution >= 0.6 is 0 Å². The maximum Gasteiger partial charge on any atom is 0.135 e. The molecule has 2 heterocycles. The molecule has 5 aromatic carbocycles. The summed E-state index contributed by atoms with van der Waals surface area (Å²) in [5.41, 5.74) is 8.67. The third kappa shape index (κ3) is 2.71. The number of hydrogen-bond acceptors (Lipinski definition) is 4. The number of halogens is 1. The van der Waals surface area contributed by atoms with E-state index in [2.05, 4.69) is 62.2 Å². The number of anilines is 6. The Morgan fingerprint density at radius 1 is 0.541 bits per heavy atom. The van der Waals surface area contributed by atoms with Gasteiger partial charge in [0.05, 0.1) is 34.1 Å². The maximum absolute atomic E-state index is 16.0. The Bertz CT molecular complexity index is 1820. The fraction of sp³-hybridized carbons (Fsp3) is 0. The van der Waals surface area contributed by atoms with Crippen LogP contribution in [0.15, 0.2) is 116 Å². The minimum atomic E-state index is -0.297. The second kappa shape index (κ2) is 7.48. The normalized spacial score (nSPS) is 12.9. The molecule has 1 aliphatic carbocycles. The smallest absolute Gasteiger partial charge is 0.135 e. The molecule has 0 unspecified atom stereocenters. The minimum absolute atomic E-state index is 0.297. The average molecular weight is 479 g/mol. The van der Waals surface area contributed by atoms with E-state index in [0.29, 0.717) is 11.3 Å². The number of para-hydroxylation sites is 5. The summed E-state index contributed by atoms with van der Waals surface area (Å²) in [4.78, 5) is 13.5. The van der Waals surface area contributed by atoms with Crippen molar-refractivity contribution in [2.45, 2.75) is 0 Å². The summed E-state index contributed by atoms with van der Waals surface area (Å²) < 4.78 is 16.0. The minimum Gasteiger partial charge on any atom is -0.306 e. The van der Waals surface area contributed by atoms with Crippen LogP contribution in [0.3, 0.4) is 0 Å². The van der Waals surface area contributed by atoms with E-state index < -0.39 is 0 Å². The van der Waals surface area contributed by atoms with Crippen LogP contribution in [0.2, 0.25) is 0 Å². The van der Waals surface area contributed by atoms with Gasteiger partial charge in [0.1, 0.15) is 11.5 Å². The molecule has 0 atom stereocenters. The summed E-state index contributed by atoms with van der Waals surface area (Å²) in [6.45, 7) is 0. The van der Waals surface area contributed by atoms with E-state index >= 15 is 4.39 Å². The summed E-state index contributed by atoms with van der Waals surface area (Å²) in [6.07, 6.45) is 3.29. The van der Waals surface area contributed by atoms with E-state index in [1.54, 1.807) is 18.5 Å². The molecule has 6 aromatic rings. The van der Waals surface area contributed by atoms with Gasteiger partial charge in [0.25, 0.3) is 0 Å². The zero-order valence-corrected chi connectivity index (χ0v) is 19.6. The van der Waals surface area contributed by atoms with Crippen molar-refractivity contribution < 1.29 is 4.39 Å². The van der Waals surface area contributed by atoms with Gasteiger partial charge in [-0.1, -0.05) is 60.7 Å². The fourth-order valence-corrected chi connectivity index (χ4v) is 5.82. The molecule has 0 fully saturated rings. The molecule has 37 heavy (non-hydrogen) atoms. The molecular formula is C32H19FN4. The number of benzene rings is 5. The lowest BCUT2D eigenvalue weighted by Gasteiger charge is -2.40. The molecular weight excluding hydrogens is 459 g/mol. The lowest BCUT2D eigenvalue weighted by Crippen LogP contribution is -2.24. The first-order valence-electron chi connectivity index (χ1n) is 12.2. The highest BCUT2D eigenvalue weighted by molar-refractivity contribution is 6.19. The van der Waals surface area contributed by atoms with Crippen molar-refractivity contribution in [2.75, 3.05) is 9.80 Å². The first kappa shape index (κ1) is 20.2. The van der Waals surface area contributed by atoms with Gasteiger partial charge in [-0.05, 0) is 42.5 Å². The summed E-state index contributed by atoms with van der Waals surface area (Å²) in [5.74, 6) is -0.297. The number of nitrogens with zero attached hydrogens (tertiary/aromatic N) is 4. The van der Waals surface area contributed by atoms with Crippen molar-refractivity contribution in [1.82, 2.24) is 9.97 Å². The standard InChI is InChI=1S/C32H19FN4/c33-23-19-28(21-11-8-12-22-29(21)30(23)32-31(22)34-17-18-35-32)37-26-15-6-4-13-24(26)36(20-9-2-1-3-10-20)25-14-5-7-16-27(25)37/h1-19H. The van der Waals surface area contributed by atoms with Crippen LogP contribution in [0, 0.1) is 5.82 Å². The molecule has 0 radical (unpaired) electrons. The fourth-order valence-electron chi connectivity index (χ4n) is 5.82. The number of rotatable bonds is 2. The van der Waals surface area contributed by atoms with Crippen LogP contribution in [0.25, 0.3) is 33.3 Å². The van der Waals surface area contributed by atoms with E-state index in [1.165, 1.54) is 0 Å². The van der Waals surface area contributed by atoms with Gasteiger partial charge in [0.15, 0.2) is 0 Å². The SMILES string of the molecule is Fc1cc(N2c3ccccc3N(c3ccccc3)c3ccccc32)c2cccc3c2c1-c1nccnc1-3. The number of fused-ring (bicyclic) bond motifs is 5. The maximum atomic E-state index is 16.0. The molecule has 2 aliphatic rings. The van der Waals surface area contributed by atoms with E-state index in [1.807, 2.05) is 54.6 Å². The number of hydrogen-bond donors (Lipinski definition) is 0. The third-order valence-corrected chi connectivity index (χ3v) is 7.27. The van der Waals surface area contributed by atoms with E-state index in [-0.39, 0.29) is 5.82 Å². The Labute approximate surface area is 212 Å². The van der Waals surface area contributed by atoms with Crippen molar-refractivity contribution in [3.63, 3.8) is 0 Å². The molecule has 0 amide bonds. The predicted molar refractivity (Wildman–Crippen MR) is 147 cm³/mol. The van der Waals surface area contributed by atoms with E-state index in [0.717, 1.165) is 56.2 Å². The largest absolute Gasteiger partial charge is 0.306 e. The van der Waals surface area contributed by atoms with Gasteiger partial charge in [-0.2, -0.15) is 0 Å². The molecule has 5 heteroatoms. The van der Waals surface area contributed by atoms with Crippen molar-refractivity contribution >= 4 is 44.9 Å². The Morgan fingerprint density at radius 3 is 1.81 bits per heavy atom. The molecule has 0 bridgehead atoms. The molecule has 8 rings (SSSR count). The molecule has 4 nitrogen and oxygen atoms in total. The highest BCUT2D eigenvalue weighted by atomic mass is 19.1. The Kier molecular flexibility index (Phi) is 4.08. The molecule has 1 aliphatic heterocycles. The van der Waals surface area contributed by atoms with Gasteiger partial charge in [0.2, 0.25) is 0 Å². The molecule has 0 N–H and O–H groups in total. The highest BCUT2D eigenvalue weighted by Crippen LogP contribution is 2.57. The highest BCUT2D eigenvalue weighted by Gasteiger charge is 2.34. The Morgan fingerprint density at radius 2 is 1.14 bits per heavy atom. The van der Waals surface area contributed by atoms with Crippen LogP contribution < -0.4 is 9.80 Å². The van der Waals surface area contributed by atoms with Crippen LogP contribution in [-0.2, 0) is 0 Å². The molecule has 0 saturated heterocycles. The number of aromatic nitrogens is 2. The van der Waals surface area contributed by atoms with Gasteiger partial charge in [0, 0.05) is 40.0 Å². The van der Waals surface area contributed by atoms with Crippen molar-refractivity contribution in [3.8, 4) is 22.5 Å². The molecule has 0 saturated carbocycles. The second-order valence-electron chi connectivity index (χ2n) is 9.22. The van der Waals surface area contributed by atoms with E-state index in [9.17, 15) is 0 Å². The Hall–Kier alpha value is -5.03. The van der Waals surface area contributed by atoms with Crippen molar-refractivity contribution in [2.24, 2.45) is 0 Å². The quantitative estimate of drug-likeness (QED) is 0.249. The summed E-state index contributed by atoms with van der Waals surface area (Å²) in [7, 11) is 0. The van der Waals surface area contributed by atoms with E-state index in [4.69, 9.17) is 0 Å². The van der Waals surface area contributed by atoms with Crippen LogP contribution in [-0.4, -0.2) is 9.97 Å². The van der Waals surface area contributed by atoms with Crippen molar-refractivity contribution in [1.29, 1.82) is 0 Å². The molecule has 1 aromatic heterocycles. The first-order valence-corrected chi connectivity index (χ1v) is 12.2. The van der Waals surface area contributed by atoms with Gasteiger partial charge in [-0.15, -0.1) is 0 Å². The first-order chi connectivity index (χ1) is 18.3. The van der Waals surface area contributed by atoms with Crippen LogP contribution in [0.5, 0.6) is 0 Å². The van der Waals surface area contributed by atoms with Gasteiger partial charge >= 0.3 is 0 Å². The van der Waals surface area contributed by atoms with Gasteiger partial charge in [-0.25, -0.2) is 4.39 Å². The van der Waals surface area contributed by atoms with Crippen LogP contribution in [0.1, 0.15) is 0 Å². The lowest BCUT2D eigenvalue weighted by atomic mass is 9.98. The monoisotopic (exact) mass is 478 g/mol. The van der Waals surface area contributed by atoms with Gasteiger partial charge in [-0.3, -0.25) is 9.97 Å². The van der Waals surface area contributed by atoms with Gasteiger partial charge < -0.3 is 9.80 Å². The summed E-state index contributed by atoms with van der Waals surface area (Å²) in [6, 6.07) is 34.7. The lowest BCUT2D eigenvalue weighted by molar-refractivity contribution is 0.633. The third-order valence-electron chi connectivity index (χ3n) is 7.27. The second-order valence-corrected chi connectivity index (χ2v) is 9.22. The molecule has 174 valence electrons. The summed E-state index contributed by atoms with van der Waals surface area (Å²) in [5, 5.41) is 1.82. The van der Waals surface area contributed by atoms with Crippen LogP contribution in [0.4, 0.5) is 38.5 Å². The zero-order chi connectivity index (χ0) is 24.5. The van der Waals surface area contributed by atoms with Crippen molar-refractivity contribution in [3.05, 3.63) is 121 Å². The molecule has 0 spiro atoms. The predicted octanol–water partition coefficient (Wildman–Crippen LogP) is 8.67. The average Bonchev–Trinajstić information content (AvgIpc) is 3.30. The Balaban J connectivity index is 1.45. The topological polar surface area (TPSA) is 32.3 Å². The zero-order valence-electron chi connectivity index (χ0n) is 19.6.